The maximum atomic E-state index is 12.5. The Bertz CT molecular complexity index is 513. The summed E-state index contributed by atoms with van der Waals surface area (Å²) in [4.78, 5) is 25.5. The second-order valence-corrected chi connectivity index (χ2v) is 5.00. The first kappa shape index (κ1) is 13.4. The molecule has 2 amide bonds. The van der Waals surface area contributed by atoms with Crippen LogP contribution in [0, 0.1) is 6.92 Å². The molecule has 4 N–H and O–H groups in total. The van der Waals surface area contributed by atoms with Gasteiger partial charge in [0.15, 0.2) is 0 Å². The van der Waals surface area contributed by atoms with Gasteiger partial charge in [-0.2, -0.15) is 0 Å². The topological polar surface area (TPSA) is 89.4 Å². The number of nitrogens with zero attached hydrogens (tertiary/aromatic N) is 1. The predicted molar refractivity (Wildman–Crippen MR) is 73.5 cm³/mol. The summed E-state index contributed by atoms with van der Waals surface area (Å²) in [5.74, 6) is -0.649. The molecule has 0 bridgehead atoms. The molecule has 1 aromatic carbocycles. The van der Waals surface area contributed by atoms with Crippen LogP contribution in [0.25, 0.3) is 0 Å². The second kappa shape index (κ2) is 5.30. The molecule has 1 aromatic rings. The van der Waals surface area contributed by atoms with Crippen LogP contribution in [0.3, 0.4) is 0 Å². The lowest BCUT2D eigenvalue weighted by Crippen LogP contribution is -2.50. The maximum Gasteiger partial charge on any atom is 0.256 e. The summed E-state index contributed by atoms with van der Waals surface area (Å²) >= 11 is 0. The third-order valence-electron chi connectivity index (χ3n) is 3.53. The minimum Gasteiger partial charge on any atom is -0.398 e. The highest BCUT2D eigenvalue weighted by Gasteiger charge is 2.31. The number of hydrogen-bond donors (Lipinski definition) is 2. The van der Waals surface area contributed by atoms with Gasteiger partial charge >= 0.3 is 0 Å². The summed E-state index contributed by atoms with van der Waals surface area (Å²) in [6, 6.07) is 4.81. The third-order valence-corrected chi connectivity index (χ3v) is 3.53. The summed E-state index contributed by atoms with van der Waals surface area (Å²) in [7, 11) is 0. The van der Waals surface area contributed by atoms with Crippen LogP contribution >= 0.6 is 0 Å². The molecule has 1 aliphatic rings. The van der Waals surface area contributed by atoms with Gasteiger partial charge in [-0.25, -0.2) is 0 Å². The van der Waals surface area contributed by atoms with Crippen LogP contribution in [0.15, 0.2) is 18.2 Å². The van der Waals surface area contributed by atoms with Gasteiger partial charge in [0.1, 0.15) is 6.04 Å². The Morgan fingerprint density at radius 3 is 2.74 bits per heavy atom. The summed E-state index contributed by atoms with van der Waals surface area (Å²) in [5, 5.41) is 0. The number of primary amides is 1. The molecule has 5 nitrogen and oxygen atoms in total. The predicted octanol–water partition coefficient (Wildman–Crippen LogP) is 1.06. The van der Waals surface area contributed by atoms with E-state index < -0.39 is 11.9 Å². The highest BCUT2D eigenvalue weighted by Crippen LogP contribution is 2.22. The van der Waals surface area contributed by atoms with E-state index in [1.54, 1.807) is 17.0 Å². The van der Waals surface area contributed by atoms with Gasteiger partial charge < -0.3 is 16.4 Å². The summed E-state index contributed by atoms with van der Waals surface area (Å²) in [5.41, 5.74) is 13.1. The lowest BCUT2D eigenvalue weighted by atomic mass is 9.99. The molecule has 1 heterocycles. The SMILES string of the molecule is Cc1ccc(N)c(C(=O)N2CCCCC2C(N)=O)c1. The Hall–Kier alpha value is -2.04. The van der Waals surface area contributed by atoms with Crippen molar-refractivity contribution in [2.24, 2.45) is 5.73 Å². The van der Waals surface area contributed by atoms with Crippen LogP contribution in [0.2, 0.25) is 0 Å². The molecule has 0 saturated carbocycles. The second-order valence-electron chi connectivity index (χ2n) is 5.00. The molecule has 0 radical (unpaired) electrons. The minimum atomic E-state index is -0.513. The molecular weight excluding hydrogens is 242 g/mol. The molecule has 5 heteroatoms. The van der Waals surface area contributed by atoms with Crippen molar-refractivity contribution in [2.75, 3.05) is 12.3 Å². The fraction of sp³-hybridized carbons (Fsp3) is 0.429. The molecule has 102 valence electrons. The van der Waals surface area contributed by atoms with E-state index in [4.69, 9.17) is 11.5 Å². The van der Waals surface area contributed by atoms with Crippen LogP contribution in [0.5, 0.6) is 0 Å². The summed E-state index contributed by atoms with van der Waals surface area (Å²) in [6.45, 7) is 2.46. The molecular formula is C14H19N3O2. The Morgan fingerprint density at radius 1 is 1.32 bits per heavy atom. The van der Waals surface area contributed by atoms with Gasteiger partial charge in [-0.1, -0.05) is 11.6 Å². The number of hydrogen-bond acceptors (Lipinski definition) is 3. The summed E-state index contributed by atoms with van der Waals surface area (Å²) in [6.07, 6.45) is 2.44. The number of amides is 2. The fourth-order valence-electron chi connectivity index (χ4n) is 2.48. The van der Waals surface area contributed by atoms with Gasteiger partial charge in [0.05, 0.1) is 5.56 Å². The lowest BCUT2D eigenvalue weighted by molar-refractivity contribution is -0.123. The van der Waals surface area contributed by atoms with Gasteiger partial charge in [-0.05, 0) is 38.3 Å². The molecule has 2 rings (SSSR count). The van der Waals surface area contributed by atoms with Gasteiger partial charge in [0, 0.05) is 12.2 Å². The number of nitrogens with two attached hydrogens (primary N) is 2. The first-order valence-corrected chi connectivity index (χ1v) is 6.47. The van der Waals surface area contributed by atoms with Crippen LogP contribution in [0.4, 0.5) is 5.69 Å². The van der Waals surface area contributed by atoms with E-state index in [1.807, 2.05) is 13.0 Å². The van der Waals surface area contributed by atoms with Crippen molar-refractivity contribution in [3.05, 3.63) is 29.3 Å². The Labute approximate surface area is 112 Å². The zero-order valence-electron chi connectivity index (χ0n) is 11.1. The first-order chi connectivity index (χ1) is 9.00. The normalized spacial score (nSPS) is 19.2. The van der Waals surface area contributed by atoms with E-state index in [2.05, 4.69) is 0 Å². The van der Waals surface area contributed by atoms with Crippen molar-refractivity contribution in [3.63, 3.8) is 0 Å². The van der Waals surface area contributed by atoms with Crippen LogP contribution in [-0.4, -0.2) is 29.3 Å². The number of anilines is 1. The van der Waals surface area contributed by atoms with Gasteiger partial charge in [-0.3, -0.25) is 9.59 Å². The molecule has 0 aromatic heterocycles. The monoisotopic (exact) mass is 261 g/mol. The standard InChI is InChI=1S/C14H19N3O2/c1-9-5-6-11(15)10(8-9)14(19)17-7-3-2-4-12(17)13(16)18/h5-6,8,12H,2-4,7,15H2,1H3,(H2,16,18). The van der Waals surface area contributed by atoms with Crippen molar-refractivity contribution in [1.82, 2.24) is 4.90 Å². The first-order valence-electron chi connectivity index (χ1n) is 6.47. The number of likely N-dealkylation sites (tertiary alicyclic amines) is 1. The molecule has 0 spiro atoms. The van der Waals surface area contributed by atoms with E-state index in [0.29, 0.717) is 24.2 Å². The number of carbonyl (C=O) groups is 2. The average molecular weight is 261 g/mol. The maximum absolute atomic E-state index is 12.5. The molecule has 1 unspecified atom stereocenters. The van der Waals surface area contributed by atoms with Gasteiger partial charge in [0.25, 0.3) is 5.91 Å². The zero-order valence-corrected chi connectivity index (χ0v) is 11.1. The molecule has 0 aliphatic carbocycles. The van der Waals surface area contributed by atoms with Crippen LogP contribution in [0.1, 0.15) is 35.2 Å². The van der Waals surface area contributed by atoms with E-state index in [9.17, 15) is 9.59 Å². The van der Waals surface area contributed by atoms with Crippen LogP contribution in [-0.2, 0) is 4.79 Å². The lowest BCUT2D eigenvalue weighted by Gasteiger charge is -2.34. The summed E-state index contributed by atoms with van der Waals surface area (Å²) < 4.78 is 0. The van der Waals surface area contributed by atoms with Crippen molar-refractivity contribution in [1.29, 1.82) is 0 Å². The van der Waals surface area contributed by atoms with E-state index >= 15 is 0 Å². The third kappa shape index (κ3) is 2.70. The number of aryl methyl sites for hydroxylation is 1. The molecule has 1 aliphatic heterocycles. The number of nitrogen functional groups attached to an aromatic ring is 1. The van der Waals surface area contributed by atoms with Crippen molar-refractivity contribution in [3.8, 4) is 0 Å². The van der Waals surface area contributed by atoms with Crippen LogP contribution < -0.4 is 11.5 Å². The minimum absolute atomic E-state index is 0.204. The fourth-order valence-corrected chi connectivity index (χ4v) is 2.48. The Kier molecular flexibility index (Phi) is 3.74. The van der Waals surface area contributed by atoms with E-state index in [-0.39, 0.29) is 5.91 Å². The van der Waals surface area contributed by atoms with E-state index in [0.717, 1.165) is 18.4 Å². The smallest absolute Gasteiger partial charge is 0.256 e. The number of benzene rings is 1. The Morgan fingerprint density at radius 2 is 2.05 bits per heavy atom. The zero-order chi connectivity index (χ0) is 14.0. The largest absolute Gasteiger partial charge is 0.398 e. The van der Waals surface area contributed by atoms with Gasteiger partial charge in [0.2, 0.25) is 5.91 Å². The quantitative estimate of drug-likeness (QED) is 0.780. The Balaban J connectivity index is 2.31. The van der Waals surface area contributed by atoms with Crippen molar-refractivity contribution in [2.45, 2.75) is 32.2 Å². The average Bonchev–Trinajstić information content (AvgIpc) is 2.40. The highest BCUT2D eigenvalue weighted by atomic mass is 16.2. The number of piperidine rings is 1. The highest BCUT2D eigenvalue weighted by molar-refractivity contribution is 6.01. The molecule has 1 fully saturated rings. The van der Waals surface area contributed by atoms with Crippen molar-refractivity contribution < 1.29 is 9.59 Å². The molecule has 19 heavy (non-hydrogen) atoms. The van der Waals surface area contributed by atoms with Crippen molar-refractivity contribution >= 4 is 17.5 Å². The number of carbonyl (C=O) groups excluding carboxylic acids is 2. The van der Waals surface area contributed by atoms with E-state index in [1.165, 1.54) is 0 Å². The van der Waals surface area contributed by atoms with Gasteiger partial charge in [-0.15, -0.1) is 0 Å². The molecule has 1 saturated heterocycles. The molecule has 1 atom stereocenters. The number of rotatable bonds is 2.